The van der Waals surface area contributed by atoms with Crippen molar-refractivity contribution >= 4 is 39.2 Å². The molecule has 2 fully saturated rings. The lowest BCUT2D eigenvalue weighted by Gasteiger charge is -2.37. The van der Waals surface area contributed by atoms with Crippen LogP contribution in [-0.2, 0) is 20.2 Å². The van der Waals surface area contributed by atoms with E-state index < -0.39 is 21.4 Å². The number of fused-ring (bicyclic) bond motifs is 1. The van der Waals surface area contributed by atoms with E-state index in [4.69, 9.17) is 23.2 Å². The van der Waals surface area contributed by atoms with Crippen molar-refractivity contribution < 1.29 is 18.3 Å². The Morgan fingerprint density at radius 3 is 2.69 bits per heavy atom. The second kappa shape index (κ2) is 7.28. The van der Waals surface area contributed by atoms with E-state index in [1.807, 2.05) is 0 Å². The number of carboxylic acids is 1. The summed E-state index contributed by atoms with van der Waals surface area (Å²) in [6.07, 6.45) is 1.04. The number of carbonyl (C=O) groups is 1. The van der Waals surface area contributed by atoms with Crippen molar-refractivity contribution in [2.75, 3.05) is 31.9 Å². The van der Waals surface area contributed by atoms with Gasteiger partial charge in [-0.3, -0.25) is 4.79 Å². The molecular formula is C17H22Cl2N2O4S. The minimum atomic E-state index is -3.09. The predicted octanol–water partition coefficient (Wildman–Crippen LogP) is 2.45. The summed E-state index contributed by atoms with van der Waals surface area (Å²) in [7, 11) is -3.09. The van der Waals surface area contributed by atoms with E-state index in [-0.39, 0.29) is 11.8 Å². The first-order valence-corrected chi connectivity index (χ1v) is 10.9. The number of aliphatic carboxylic acids is 1. The molecule has 3 rings (SSSR count). The molecule has 1 aromatic carbocycles. The van der Waals surface area contributed by atoms with Crippen LogP contribution >= 0.6 is 23.2 Å². The van der Waals surface area contributed by atoms with Gasteiger partial charge in [0.25, 0.3) is 0 Å². The van der Waals surface area contributed by atoms with E-state index in [1.54, 1.807) is 29.4 Å². The molecule has 6 nitrogen and oxygen atoms in total. The van der Waals surface area contributed by atoms with Gasteiger partial charge in [-0.25, -0.2) is 8.42 Å². The second-order valence-electron chi connectivity index (χ2n) is 7.19. The van der Waals surface area contributed by atoms with Gasteiger partial charge in [-0.15, -0.1) is 0 Å². The highest BCUT2D eigenvalue weighted by atomic mass is 35.5. The van der Waals surface area contributed by atoms with Gasteiger partial charge < -0.3 is 10.0 Å². The monoisotopic (exact) mass is 420 g/mol. The van der Waals surface area contributed by atoms with Crippen molar-refractivity contribution in [2.45, 2.75) is 31.2 Å². The van der Waals surface area contributed by atoms with Gasteiger partial charge in [-0.1, -0.05) is 29.3 Å². The van der Waals surface area contributed by atoms with Gasteiger partial charge >= 0.3 is 5.97 Å². The molecule has 2 aliphatic heterocycles. The van der Waals surface area contributed by atoms with Crippen molar-refractivity contribution in [3.8, 4) is 0 Å². The van der Waals surface area contributed by atoms with Crippen molar-refractivity contribution in [2.24, 2.45) is 0 Å². The molecule has 0 amide bonds. The van der Waals surface area contributed by atoms with Crippen LogP contribution in [0.25, 0.3) is 0 Å². The van der Waals surface area contributed by atoms with Gasteiger partial charge in [-0.05, 0) is 44.0 Å². The minimum absolute atomic E-state index is 0.00908. The molecule has 1 N–H and O–H groups in total. The Bertz CT molecular complexity index is 817. The van der Waals surface area contributed by atoms with Crippen LogP contribution in [0, 0.1) is 0 Å². The molecule has 0 spiro atoms. The maximum absolute atomic E-state index is 12.0. The molecule has 0 bridgehead atoms. The van der Waals surface area contributed by atoms with E-state index in [0.717, 1.165) is 0 Å². The molecule has 0 aromatic heterocycles. The summed E-state index contributed by atoms with van der Waals surface area (Å²) in [6.45, 7) is 4.01. The zero-order chi connectivity index (χ0) is 19.1. The largest absolute Gasteiger partial charge is 0.481 e. The number of hydrogen-bond acceptors (Lipinski definition) is 4. The topological polar surface area (TPSA) is 77.9 Å². The van der Waals surface area contributed by atoms with Crippen molar-refractivity contribution in [1.82, 2.24) is 9.21 Å². The number of carboxylic acid groups (broad SMARTS) is 1. The fraction of sp³-hybridized carbons (Fsp3) is 0.588. The van der Waals surface area contributed by atoms with Gasteiger partial charge in [0, 0.05) is 25.7 Å². The van der Waals surface area contributed by atoms with Crippen LogP contribution in [0.15, 0.2) is 18.2 Å². The first-order valence-electron chi connectivity index (χ1n) is 8.54. The Hall–Kier alpha value is -0.860. The number of piperazine rings is 1. The van der Waals surface area contributed by atoms with E-state index in [0.29, 0.717) is 54.6 Å². The highest BCUT2D eigenvalue weighted by Gasteiger charge is 2.42. The van der Waals surface area contributed by atoms with E-state index in [9.17, 15) is 18.3 Å². The third-order valence-corrected chi connectivity index (χ3v) is 8.22. The summed E-state index contributed by atoms with van der Waals surface area (Å²) in [5.74, 6) is -0.709. The van der Waals surface area contributed by atoms with Gasteiger partial charge in [-0.2, -0.15) is 4.31 Å². The number of hydrogen-bond donors (Lipinski definition) is 1. The predicted molar refractivity (Wildman–Crippen MR) is 101 cm³/mol. The van der Waals surface area contributed by atoms with Crippen molar-refractivity contribution in [3.05, 3.63) is 33.8 Å². The highest BCUT2D eigenvalue weighted by molar-refractivity contribution is 7.89. The number of halogens is 2. The lowest BCUT2D eigenvalue weighted by atomic mass is 9.79. The smallest absolute Gasteiger partial charge is 0.313 e. The van der Waals surface area contributed by atoms with E-state index >= 15 is 0 Å². The molecule has 144 valence electrons. The Kier molecular flexibility index (Phi) is 5.57. The standard InChI is InChI=1S/C17H22Cl2N2O4S/c1-17(16(22)23,12-2-3-14(18)15(19)10-12)5-6-20-7-8-21-13(11-20)4-9-26(21,24)25/h2-3,10,13H,4-9,11H2,1H3,(H,22,23). The Morgan fingerprint density at radius 1 is 1.31 bits per heavy atom. The average molecular weight is 421 g/mol. The molecule has 0 saturated carbocycles. The molecule has 1 aromatic rings. The Balaban J connectivity index is 1.70. The molecule has 0 aliphatic carbocycles. The Labute approximate surface area is 163 Å². The lowest BCUT2D eigenvalue weighted by Crippen LogP contribution is -2.52. The van der Waals surface area contributed by atoms with E-state index in [2.05, 4.69) is 4.90 Å². The number of sulfonamides is 1. The van der Waals surface area contributed by atoms with Gasteiger partial charge in [0.1, 0.15) is 0 Å². The SMILES string of the molecule is CC(CCN1CCN2C(CCS2(=O)=O)C1)(C(=O)O)c1ccc(Cl)c(Cl)c1. The molecule has 2 atom stereocenters. The third-order valence-electron chi connectivity index (χ3n) is 5.54. The Morgan fingerprint density at radius 2 is 2.04 bits per heavy atom. The summed E-state index contributed by atoms with van der Waals surface area (Å²) >= 11 is 12.0. The maximum atomic E-state index is 12.0. The van der Waals surface area contributed by atoms with Crippen LogP contribution in [0.4, 0.5) is 0 Å². The number of nitrogens with zero attached hydrogens (tertiary/aromatic N) is 2. The van der Waals surface area contributed by atoms with Crippen LogP contribution in [0.2, 0.25) is 10.0 Å². The minimum Gasteiger partial charge on any atom is -0.481 e. The molecule has 2 aliphatic rings. The molecular weight excluding hydrogens is 399 g/mol. The van der Waals surface area contributed by atoms with Crippen LogP contribution < -0.4 is 0 Å². The molecule has 2 unspecified atom stereocenters. The zero-order valence-electron chi connectivity index (χ0n) is 14.5. The van der Waals surface area contributed by atoms with E-state index in [1.165, 1.54) is 0 Å². The summed E-state index contributed by atoms with van der Waals surface area (Å²) in [6, 6.07) is 4.93. The fourth-order valence-corrected chi connectivity index (χ4v) is 5.79. The second-order valence-corrected chi connectivity index (χ2v) is 10.0. The van der Waals surface area contributed by atoms with Gasteiger partial charge in [0.05, 0.1) is 21.2 Å². The summed E-state index contributed by atoms with van der Waals surface area (Å²) in [4.78, 5) is 14.1. The first kappa shape index (κ1) is 19.9. The summed E-state index contributed by atoms with van der Waals surface area (Å²) in [5.41, 5.74) is -0.478. The molecule has 0 radical (unpaired) electrons. The number of rotatable bonds is 5. The molecule has 2 heterocycles. The summed E-state index contributed by atoms with van der Waals surface area (Å²) in [5, 5.41) is 10.5. The molecule has 9 heteroatoms. The third kappa shape index (κ3) is 3.73. The number of benzene rings is 1. The fourth-order valence-electron chi connectivity index (χ4n) is 3.71. The van der Waals surface area contributed by atoms with Crippen LogP contribution in [-0.4, -0.2) is 66.7 Å². The lowest BCUT2D eigenvalue weighted by molar-refractivity contribution is -0.143. The van der Waals surface area contributed by atoms with Gasteiger partial charge in [0.15, 0.2) is 0 Å². The zero-order valence-corrected chi connectivity index (χ0v) is 16.8. The molecule has 2 saturated heterocycles. The average Bonchev–Trinajstić information content (AvgIpc) is 2.89. The highest BCUT2D eigenvalue weighted by Crippen LogP contribution is 2.34. The van der Waals surface area contributed by atoms with Crippen LogP contribution in [0.1, 0.15) is 25.3 Å². The quantitative estimate of drug-likeness (QED) is 0.791. The first-order chi connectivity index (χ1) is 12.1. The van der Waals surface area contributed by atoms with Gasteiger partial charge in [0.2, 0.25) is 10.0 Å². The van der Waals surface area contributed by atoms with Crippen molar-refractivity contribution in [1.29, 1.82) is 0 Å². The maximum Gasteiger partial charge on any atom is 0.313 e. The van der Waals surface area contributed by atoms with Crippen molar-refractivity contribution in [3.63, 3.8) is 0 Å². The van der Waals surface area contributed by atoms with Crippen LogP contribution in [0.3, 0.4) is 0 Å². The normalized spacial score (nSPS) is 25.6. The molecule has 26 heavy (non-hydrogen) atoms. The summed E-state index contributed by atoms with van der Waals surface area (Å²) < 4.78 is 25.5. The van der Waals surface area contributed by atoms with Crippen LogP contribution in [0.5, 0.6) is 0 Å².